The molecule has 1 unspecified atom stereocenters. The summed E-state index contributed by atoms with van der Waals surface area (Å²) >= 11 is 0. The Balaban J connectivity index is 2.01. The lowest BCUT2D eigenvalue weighted by Gasteiger charge is -2.05. The fourth-order valence-electron chi connectivity index (χ4n) is 1.76. The number of hydrogen-bond acceptors (Lipinski definition) is 3. The molecule has 0 saturated carbocycles. The molecule has 1 amide bonds. The SMILES string of the molecule is O=C1CCCCCN1[P+](=O)Oc1ccccc1. The largest absolute Gasteiger partial charge is 0.699 e. The van der Waals surface area contributed by atoms with E-state index in [0.717, 1.165) is 19.3 Å². The molecule has 17 heavy (non-hydrogen) atoms. The maximum atomic E-state index is 12.0. The van der Waals surface area contributed by atoms with Gasteiger partial charge < -0.3 is 0 Å². The molecule has 0 N–H and O–H groups in total. The highest BCUT2D eigenvalue weighted by Gasteiger charge is 2.36. The van der Waals surface area contributed by atoms with Crippen LogP contribution in [0.15, 0.2) is 30.3 Å². The van der Waals surface area contributed by atoms with Crippen molar-refractivity contribution in [1.82, 2.24) is 4.67 Å². The van der Waals surface area contributed by atoms with E-state index in [9.17, 15) is 9.36 Å². The zero-order valence-electron chi connectivity index (χ0n) is 9.54. The minimum absolute atomic E-state index is 0.0699. The zero-order valence-corrected chi connectivity index (χ0v) is 10.4. The number of benzene rings is 1. The highest BCUT2D eigenvalue weighted by Crippen LogP contribution is 2.33. The van der Waals surface area contributed by atoms with E-state index in [4.69, 9.17) is 4.52 Å². The molecule has 1 saturated heterocycles. The number of hydrogen-bond donors (Lipinski definition) is 0. The van der Waals surface area contributed by atoms with Crippen LogP contribution in [0.1, 0.15) is 25.7 Å². The van der Waals surface area contributed by atoms with Gasteiger partial charge in [0.25, 0.3) is 5.91 Å². The Labute approximate surface area is 101 Å². The average Bonchev–Trinajstić information content (AvgIpc) is 2.55. The maximum absolute atomic E-state index is 12.0. The van der Waals surface area contributed by atoms with Gasteiger partial charge in [-0.25, -0.2) is 4.52 Å². The van der Waals surface area contributed by atoms with Crippen LogP contribution in [0.5, 0.6) is 5.75 Å². The lowest BCUT2D eigenvalue weighted by Crippen LogP contribution is -2.24. The van der Waals surface area contributed by atoms with Gasteiger partial charge in [-0.2, -0.15) is 0 Å². The van der Waals surface area contributed by atoms with Crippen molar-refractivity contribution in [2.75, 3.05) is 6.54 Å². The number of nitrogens with zero attached hydrogens (tertiary/aromatic N) is 1. The standard InChI is InChI=1S/C12H15NO3P/c14-12-9-5-2-6-10-13(12)17(15)16-11-7-3-1-4-8-11/h1,3-4,7-8H,2,5-6,9-10H2/q+1. The number of rotatable bonds is 3. The van der Waals surface area contributed by atoms with E-state index in [1.165, 1.54) is 4.67 Å². The van der Waals surface area contributed by atoms with Gasteiger partial charge in [0.15, 0.2) is 5.75 Å². The normalized spacial score (nSPS) is 17.5. The first-order chi connectivity index (χ1) is 8.27. The van der Waals surface area contributed by atoms with E-state index < -0.39 is 8.18 Å². The second-order valence-corrected chi connectivity index (χ2v) is 5.11. The van der Waals surface area contributed by atoms with Crippen LogP contribution in [0, 0.1) is 0 Å². The Hall–Kier alpha value is -1.41. The summed E-state index contributed by atoms with van der Waals surface area (Å²) in [6, 6.07) is 8.94. The average molecular weight is 252 g/mol. The lowest BCUT2D eigenvalue weighted by molar-refractivity contribution is -0.126. The molecule has 1 aliphatic rings. The van der Waals surface area contributed by atoms with Crippen molar-refractivity contribution in [3.63, 3.8) is 0 Å². The first kappa shape index (κ1) is 12.1. The monoisotopic (exact) mass is 252 g/mol. The maximum Gasteiger partial charge on any atom is 0.699 e. The summed E-state index contributed by atoms with van der Waals surface area (Å²) in [6.45, 7) is 0.529. The molecule has 1 atom stereocenters. The third-order valence-corrected chi connectivity index (χ3v) is 3.86. The van der Waals surface area contributed by atoms with Crippen molar-refractivity contribution >= 4 is 14.1 Å². The van der Waals surface area contributed by atoms with Crippen LogP contribution in [0.4, 0.5) is 0 Å². The van der Waals surface area contributed by atoms with E-state index >= 15 is 0 Å². The molecule has 0 spiro atoms. The summed E-state index contributed by atoms with van der Waals surface area (Å²) in [5, 5.41) is 0. The van der Waals surface area contributed by atoms with Gasteiger partial charge in [0.2, 0.25) is 0 Å². The van der Waals surface area contributed by atoms with Crippen LogP contribution in [0.25, 0.3) is 0 Å². The Bertz CT molecular complexity index is 407. The zero-order chi connectivity index (χ0) is 12.1. The molecule has 1 fully saturated rings. The van der Waals surface area contributed by atoms with Gasteiger partial charge in [-0.05, 0) is 25.0 Å². The lowest BCUT2D eigenvalue weighted by atomic mass is 10.2. The Morgan fingerprint density at radius 3 is 2.65 bits per heavy atom. The molecule has 90 valence electrons. The smallest absolute Gasteiger partial charge is 0.271 e. The molecular weight excluding hydrogens is 237 g/mol. The third-order valence-electron chi connectivity index (χ3n) is 2.67. The van der Waals surface area contributed by atoms with E-state index in [1.807, 2.05) is 18.2 Å². The second-order valence-electron chi connectivity index (χ2n) is 3.97. The molecule has 0 aromatic heterocycles. The van der Waals surface area contributed by atoms with Crippen molar-refractivity contribution in [1.29, 1.82) is 0 Å². The first-order valence-corrected chi connectivity index (χ1v) is 6.91. The molecule has 2 rings (SSSR count). The summed E-state index contributed by atoms with van der Waals surface area (Å²) in [5.74, 6) is 0.463. The predicted octanol–water partition coefficient (Wildman–Crippen LogP) is 3.13. The number of para-hydroxylation sites is 1. The van der Waals surface area contributed by atoms with Gasteiger partial charge in [0, 0.05) is 11.0 Å². The van der Waals surface area contributed by atoms with E-state index in [0.29, 0.717) is 18.7 Å². The molecule has 0 aliphatic carbocycles. The number of carbonyl (C=O) groups excluding carboxylic acids is 1. The summed E-state index contributed by atoms with van der Waals surface area (Å²) in [7, 11) is -2.10. The minimum atomic E-state index is -2.10. The van der Waals surface area contributed by atoms with E-state index in [2.05, 4.69) is 0 Å². The quantitative estimate of drug-likeness (QED) is 0.776. The summed E-state index contributed by atoms with van der Waals surface area (Å²) in [5.41, 5.74) is 0. The third kappa shape index (κ3) is 3.27. The molecule has 0 bridgehead atoms. The highest BCUT2D eigenvalue weighted by atomic mass is 31.1. The molecule has 5 heteroatoms. The van der Waals surface area contributed by atoms with Crippen LogP contribution >= 0.6 is 8.18 Å². The van der Waals surface area contributed by atoms with Crippen molar-refractivity contribution in [2.24, 2.45) is 0 Å². The number of amides is 1. The number of carbonyl (C=O) groups is 1. The van der Waals surface area contributed by atoms with Crippen LogP contribution in [-0.2, 0) is 9.36 Å². The van der Waals surface area contributed by atoms with Gasteiger partial charge in [0.1, 0.15) is 0 Å². The molecule has 1 aliphatic heterocycles. The minimum Gasteiger partial charge on any atom is -0.271 e. The van der Waals surface area contributed by atoms with Crippen molar-refractivity contribution in [2.45, 2.75) is 25.7 Å². The van der Waals surface area contributed by atoms with Gasteiger partial charge in [-0.3, -0.25) is 4.79 Å². The fraction of sp³-hybridized carbons (Fsp3) is 0.417. The van der Waals surface area contributed by atoms with Crippen LogP contribution < -0.4 is 4.52 Å². The fourth-order valence-corrected chi connectivity index (χ4v) is 2.75. The van der Waals surface area contributed by atoms with Crippen LogP contribution in [-0.4, -0.2) is 17.1 Å². The molecular formula is C12H15NO3P+. The molecule has 1 aromatic carbocycles. The van der Waals surface area contributed by atoms with Crippen LogP contribution in [0.3, 0.4) is 0 Å². The predicted molar refractivity (Wildman–Crippen MR) is 64.9 cm³/mol. The van der Waals surface area contributed by atoms with E-state index in [-0.39, 0.29) is 5.91 Å². The van der Waals surface area contributed by atoms with Gasteiger partial charge in [0.05, 0.1) is 6.54 Å². The molecule has 1 aromatic rings. The second kappa shape index (κ2) is 5.78. The van der Waals surface area contributed by atoms with Crippen molar-refractivity contribution in [3.05, 3.63) is 30.3 Å². The Kier molecular flexibility index (Phi) is 4.10. The van der Waals surface area contributed by atoms with E-state index in [1.54, 1.807) is 12.1 Å². The first-order valence-electron chi connectivity index (χ1n) is 5.78. The summed E-state index contributed by atoms with van der Waals surface area (Å²) < 4.78 is 18.6. The Morgan fingerprint density at radius 1 is 1.12 bits per heavy atom. The summed E-state index contributed by atoms with van der Waals surface area (Å²) in [4.78, 5) is 11.7. The summed E-state index contributed by atoms with van der Waals surface area (Å²) in [6.07, 6.45) is 3.25. The topological polar surface area (TPSA) is 46.6 Å². The molecule has 1 heterocycles. The highest BCUT2D eigenvalue weighted by molar-refractivity contribution is 7.37. The Morgan fingerprint density at radius 2 is 1.88 bits per heavy atom. The molecule has 0 radical (unpaired) electrons. The van der Waals surface area contributed by atoms with Crippen molar-refractivity contribution in [3.8, 4) is 5.75 Å². The van der Waals surface area contributed by atoms with Crippen molar-refractivity contribution < 1.29 is 13.9 Å². The van der Waals surface area contributed by atoms with Gasteiger partial charge >= 0.3 is 8.18 Å². The van der Waals surface area contributed by atoms with Gasteiger partial charge in [-0.15, -0.1) is 0 Å². The molecule has 4 nitrogen and oxygen atoms in total. The van der Waals surface area contributed by atoms with Crippen LogP contribution in [0.2, 0.25) is 0 Å². The van der Waals surface area contributed by atoms with Gasteiger partial charge in [-0.1, -0.05) is 29.3 Å².